The van der Waals surface area contributed by atoms with Gasteiger partial charge >= 0.3 is 0 Å². The van der Waals surface area contributed by atoms with E-state index in [1.54, 1.807) is 0 Å². The van der Waals surface area contributed by atoms with Gasteiger partial charge in [0.2, 0.25) is 0 Å². The monoisotopic (exact) mass is 280 g/mol. The molecule has 2 aliphatic rings. The third kappa shape index (κ3) is 1.94. The predicted octanol–water partition coefficient (Wildman–Crippen LogP) is 4.85. The maximum Gasteiger partial charge on any atom is 0.164 e. The Kier molecular flexibility index (Phi) is 2.60. The Morgan fingerprint density at radius 1 is 0.762 bits per heavy atom. The fourth-order valence-electron chi connectivity index (χ4n) is 3.54. The Hall–Kier alpha value is -1.64. The summed E-state index contributed by atoms with van der Waals surface area (Å²) < 4.78 is 12.4. The minimum absolute atomic E-state index is 0.0100. The van der Waals surface area contributed by atoms with E-state index in [0.29, 0.717) is 0 Å². The van der Waals surface area contributed by atoms with E-state index in [2.05, 4.69) is 50.2 Å². The number of fused-ring (bicyclic) bond motifs is 6. The van der Waals surface area contributed by atoms with E-state index in [0.717, 1.165) is 0 Å². The molecule has 0 N–H and O–H groups in total. The van der Waals surface area contributed by atoms with Crippen LogP contribution >= 0.6 is 0 Å². The maximum atomic E-state index is 6.21. The van der Waals surface area contributed by atoms with Gasteiger partial charge in [0.1, 0.15) is 12.2 Å². The average Bonchev–Trinajstić information content (AvgIpc) is 2.75. The Balaban J connectivity index is 2.00. The molecule has 2 atom stereocenters. The van der Waals surface area contributed by atoms with Crippen molar-refractivity contribution in [1.82, 2.24) is 0 Å². The highest BCUT2D eigenvalue weighted by Gasteiger charge is 2.46. The molecule has 2 heteroatoms. The van der Waals surface area contributed by atoms with Gasteiger partial charge in [0.15, 0.2) is 5.79 Å². The summed E-state index contributed by atoms with van der Waals surface area (Å²) in [5.74, 6) is -0.540. The van der Waals surface area contributed by atoms with E-state index in [9.17, 15) is 0 Å². The van der Waals surface area contributed by atoms with Gasteiger partial charge < -0.3 is 9.47 Å². The fourth-order valence-corrected chi connectivity index (χ4v) is 3.54. The molecule has 2 unspecified atom stereocenters. The summed E-state index contributed by atoms with van der Waals surface area (Å²) in [6.45, 7) is 8.24. The van der Waals surface area contributed by atoms with Gasteiger partial charge in [-0.1, -0.05) is 47.5 Å². The van der Waals surface area contributed by atoms with Gasteiger partial charge in [-0.15, -0.1) is 0 Å². The SMILES string of the molecule is Cc1ccc2c(c1)C1OC(C)(C)OC1c1cc(C)ccc1-2. The predicted molar refractivity (Wildman–Crippen MR) is 83.1 cm³/mol. The third-order valence-electron chi connectivity index (χ3n) is 4.41. The summed E-state index contributed by atoms with van der Waals surface area (Å²) in [4.78, 5) is 0. The highest BCUT2D eigenvalue weighted by Crippen LogP contribution is 2.54. The molecule has 108 valence electrons. The van der Waals surface area contributed by atoms with Crippen LogP contribution in [0, 0.1) is 13.8 Å². The lowest BCUT2D eigenvalue weighted by Crippen LogP contribution is -2.19. The molecule has 0 bridgehead atoms. The summed E-state index contributed by atoms with van der Waals surface area (Å²) in [5.41, 5.74) is 7.58. The average molecular weight is 280 g/mol. The first-order chi connectivity index (χ1) is 9.94. The zero-order chi connectivity index (χ0) is 14.8. The van der Waals surface area contributed by atoms with Crippen molar-refractivity contribution in [2.24, 2.45) is 0 Å². The van der Waals surface area contributed by atoms with E-state index < -0.39 is 5.79 Å². The first kappa shape index (κ1) is 13.1. The van der Waals surface area contributed by atoms with Gasteiger partial charge in [0, 0.05) is 0 Å². The smallest absolute Gasteiger partial charge is 0.164 e. The van der Waals surface area contributed by atoms with Gasteiger partial charge in [0.05, 0.1) is 0 Å². The van der Waals surface area contributed by atoms with Crippen molar-refractivity contribution in [2.45, 2.75) is 45.7 Å². The fraction of sp³-hybridized carbons (Fsp3) is 0.368. The quantitative estimate of drug-likeness (QED) is 0.687. The first-order valence-electron chi connectivity index (χ1n) is 7.52. The number of benzene rings is 2. The van der Waals surface area contributed by atoms with Crippen LogP contribution in [-0.4, -0.2) is 5.79 Å². The van der Waals surface area contributed by atoms with Crippen molar-refractivity contribution >= 4 is 0 Å². The van der Waals surface area contributed by atoms with Crippen LogP contribution in [0.4, 0.5) is 0 Å². The second kappa shape index (κ2) is 4.19. The van der Waals surface area contributed by atoms with Crippen LogP contribution in [0.3, 0.4) is 0 Å². The second-order valence-electron chi connectivity index (χ2n) is 6.66. The molecule has 2 nitrogen and oxygen atoms in total. The number of aryl methyl sites for hydroxylation is 2. The highest BCUT2D eigenvalue weighted by atomic mass is 16.7. The van der Waals surface area contributed by atoms with Crippen LogP contribution in [0.2, 0.25) is 0 Å². The lowest BCUT2D eigenvalue weighted by Gasteiger charge is -2.29. The number of rotatable bonds is 0. The Bertz CT molecular complexity index is 669. The van der Waals surface area contributed by atoms with Crippen LogP contribution in [0.5, 0.6) is 0 Å². The van der Waals surface area contributed by atoms with Crippen molar-refractivity contribution in [3.63, 3.8) is 0 Å². The van der Waals surface area contributed by atoms with E-state index in [1.165, 1.54) is 33.4 Å². The van der Waals surface area contributed by atoms with Crippen LogP contribution in [0.25, 0.3) is 11.1 Å². The van der Waals surface area contributed by atoms with Crippen molar-refractivity contribution in [3.8, 4) is 11.1 Å². The molecule has 0 radical (unpaired) electrons. The summed E-state index contributed by atoms with van der Waals surface area (Å²) >= 11 is 0. The normalized spacial score (nSPS) is 25.1. The molecule has 2 aromatic rings. The van der Waals surface area contributed by atoms with Gasteiger partial charge in [-0.25, -0.2) is 0 Å². The zero-order valence-electron chi connectivity index (χ0n) is 12.9. The van der Waals surface area contributed by atoms with Gasteiger partial charge in [-0.05, 0) is 49.9 Å². The lowest BCUT2D eigenvalue weighted by molar-refractivity contribution is -0.147. The molecule has 1 heterocycles. The molecule has 0 saturated carbocycles. The summed E-state index contributed by atoms with van der Waals surface area (Å²) in [7, 11) is 0. The summed E-state index contributed by atoms with van der Waals surface area (Å²) in [5, 5.41) is 0. The number of hydrogen-bond acceptors (Lipinski definition) is 2. The minimum Gasteiger partial charge on any atom is -0.339 e. The Labute approximate surface area is 125 Å². The molecule has 0 amide bonds. The second-order valence-corrected chi connectivity index (χ2v) is 6.66. The Morgan fingerprint density at radius 2 is 1.19 bits per heavy atom. The third-order valence-corrected chi connectivity index (χ3v) is 4.41. The number of ether oxygens (including phenoxy) is 2. The van der Waals surface area contributed by atoms with Crippen LogP contribution in [-0.2, 0) is 9.47 Å². The zero-order valence-corrected chi connectivity index (χ0v) is 12.9. The van der Waals surface area contributed by atoms with Crippen LogP contribution in [0.1, 0.15) is 48.3 Å². The highest BCUT2D eigenvalue weighted by molar-refractivity contribution is 5.75. The minimum atomic E-state index is -0.540. The van der Waals surface area contributed by atoms with Gasteiger partial charge in [0.25, 0.3) is 0 Å². The molecule has 4 rings (SSSR count). The standard InChI is InChI=1S/C19H20O2/c1-11-5-7-13-14-8-6-12(2)10-16(14)18-17(15(13)9-11)20-19(3,4)21-18/h5-10,17-18H,1-4H3. The van der Waals surface area contributed by atoms with Gasteiger partial charge in [-0.2, -0.15) is 0 Å². The van der Waals surface area contributed by atoms with E-state index in [4.69, 9.17) is 9.47 Å². The van der Waals surface area contributed by atoms with E-state index >= 15 is 0 Å². The van der Waals surface area contributed by atoms with Crippen molar-refractivity contribution < 1.29 is 9.47 Å². The first-order valence-corrected chi connectivity index (χ1v) is 7.52. The molecule has 1 aliphatic heterocycles. The molecular formula is C19H20O2. The molecule has 1 fully saturated rings. The molecule has 21 heavy (non-hydrogen) atoms. The van der Waals surface area contributed by atoms with Crippen molar-refractivity contribution in [2.75, 3.05) is 0 Å². The van der Waals surface area contributed by atoms with E-state index in [1.807, 2.05) is 13.8 Å². The largest absolute Gasteiger partial charge is 0.339 e. The molecular weight excluding hydrogens is 260 g/mol. The summed E-state index contributed by atoms with van der Waals surface area (Å²) in [6, 6.07) is 13.2. The molecule has 1 saturated heterocycles. The Morgan fingerprint density at radius 3 is 1.62 bits per heavy atom. The number of hydrogen-bond donors (Lipinski definition) is 0. The maximum absolute atomic E-state index is 6.21. The summed E-state index contributed by atoms with van der Waals surface area (Å²) in [6.07, 6.45) is -0.0200. The van der Waals surface area contributed by atoms with E-state index in [-0.39, 0.29) is 12.2 Å². The topological polar surface area (TPSA) is 18.5 Å². The van der Waals surface area contributed by atoms with Gasteiger partial charge in [-0.3, -0.25) is 0 Å². The van der Waals surface area contributed by atoms with Crippen molar-refractivity contribution in [3.05, 3.63) is 58.7 Å². The molecule has 0 aromatic heterocycles. The molecule has 1 aliphatic carbocycles. The lowest BCUT2D eigenvalue weighted by atomic mass is 9.81. The molecule has 2 aromatic carbocycles. The molecule has 0 spiro atoms. The van der Waals surface area contributed by atoms with Crippen molar-refractivity contribution in [1.29, 1.82) is 0 Å². The van der Waals surface area contributed by atoms with Crippen LogP contribution < -0.4 is 0 Å². The van der Waals surface area contributed by atoms with Crippen LogP contribution in [0.15, 0.2) is 36.4 Å².